The van der Waals surface area contributed by atoms with Crippen LogP contribution in [-0.2, 0) is 14.8 Å². The quantitative estimate of drug-likeness (QED) is 0.591. The molecule has 1 fully saturated rings. The number of carbonyl (C=O) groups is 2. The Morgan fingerprint density at radius 2 is 1.96 bits per heavy atom. The van der Waals surface area contributed by atoms with E-state index in [-0.39, 0.29) is 34.6 Å². The number of hydrogen-bond donors (Lipinski definition) is 3. The third-order valence-electron chi connectivity index (χ3n) is 3.93. The van der Waals surface area contributed by atoms with Crippen molar-refractivity contribution in [2.24, 2.45) is 5.92 Å². The van der Waals surface area contributed by atoms with Crippen LogP contribution in [-0.4, -0.2) is 44.6 Å². The van der Waals surface area contributed by atoms with E-state index in [1.807, 2.05) is 13.8 Å². The monoisotopic (exact) mass is 384 g/mol. The first-order chi connectivity index (χ1) is 12.1. The molecule has 1 aromatic carbocycles. The Balaban J connectivity index is 2.27. The molecule has 0 aromatic heterocycles. The van der Waals surface area contributed by atoms with Gasteiger partial charge in [0.1, 0.15) is 16.7 Å². The van der Waals surface area contributed by atoms with E-state index in [0.29, 0.717) is 0 Å². The molecule has 1 atom stereocenters. The first-order valence-corrected chi connectivity index (χ1v) is 9.86. The van der Waals surface area contributed by atoms with Crippen LogP contribution in [0.15, 0.2) is 23.1 Å². The van der Waals surface area contributed by atoms with Crippen LogP contribution >= 0.6 is 0 Å². The van der Waals surface area contributed by atoms with E-state index in [0.717, 1.165) is 12.8 Å². The molecule has 1 saturated carbocycles. The van der Waals surface area contributed by atoms with Crippen molar-refractivity contribution in [2.45, 2.75) is 50.1 Å². The second-order valence-electron chi connectivity index (χ2n) is 6.76. The van der Waals surface area contributed by atoms with E-state index in [2.05, 4.69) is 10.0 Å². The van der Waals surface area contributed by atoms with Crippen LogP contribution in [0.5, 0.6) is 5.75 Å². The summed E-state index contributed by atoms with van der Waals surface area (Å²) < 4.78 is 32.6. The number of benzene rings is 1. The minimum absolute atomic E-state index is 0.0528. The highest BCUT2D eigenvalue weighted by atomic mass is 32.2. The average molecular weight is 384 g/mol. The zero-order chi connectivity index (χ0) is 19.5. The second kappa shape index (κ2) is 8.05. The predicted molar refractivity (Wildman–Crippen MR) is 94.7 cm³/mol. The summed E-state index contributed by atoms with van der Waals surface area (Å²) in [7, 11) is -2.49. The highest BCUT2D eigenvalue weighted by Gasteiger charge is 2.30. The van der Waals surface area contributed by atoms with Gasteiger partial charge in [0.25, 0.3) is 5.91 Å². The molecule has 26 heavy (non-hydrogen) atoms. The molecular weight excluding hydrogens is 360 g/mol. The number of hydrogen-bond acceptors (Lipinski definition) is 5. The van der Waals surface area contributed by atoms with Crippen LogP contribution in [0, 0.1) is 5.92 Å². The molecule has 1 aliphatic rings. The Hall–Kier alpha value is -2.13. The molecule has 3 N–H and O–H groups in total. The van der Waals surface area contributed by atoms with Crippen LogP contribution in [0.2, 0.25) is 0 Å². The molecule has 0 saturated heterocycles. The number of carbonyl (C=O) groups excluding carboxylic acids is 1. The van der Waals surface area contributed by atoms with Gasteiger partial charge in [-0.3, -0.25) is 4.79 Å². The average Bonchev–Trinajstić information content (AvgIpc) is 3.36. The van der Waals surface area contributed by atoms with Crippen molar-refractivity contribution in [1.29, 1.82) is 0 Å². The van der Waals surface area contributed by atoms with Crippen molar-refractivity contribution < 1.29 is 27.9 Å². The molecule has 0 spiro atoms. The van der Waals surface area contributed by atoms with E-state index in [1.54, 1.807) is 0 Å². The second-order valence-corrected chi connectivity index (χ2v) is 8.44. The third-order valence-corrected chi connectivity index (χ3v) is 5.47. The van der Waals surface area contributed by atoms with Gasteiger partial charge in [0.2, 0.25) is 10.0 Å². The summed E-state index contributed by atoms with van der Waals surface area (Å²) >= 11 is 0. The number of aliphatic carboxylic acids is 1. The lowest BCUT2D eigenvalue weighted by atomic mass is 10.0. The largest absolute Gasteiger partial charge is 0.495 e. The van der Waals surface area contributed by atoms with Crippen molar-refractivity contribution in [3.63, 3.8) is 0 Å². The fourth-order valence-electron chi connectivity index (χ4n) is 2.45. The van der Waals surface area contributed by atoms with E-state index in [1.165, 1.54) is 25.3 Å². The number of amides is 1. The SMILES string of the molecule is COc1ccc(C(=O)N[C@H](CC(C)C)C(=O)O)cc1S(=O)(=O)NC1CC1. The van der Waals surface area contributed by atoms with Gasteiger partial charge in [-0.15, -0.1) is 0 Å². The summed E-state index contributed by atoms with van der Waals surface area (Å²) in [6.45, 7) is 3.70. The van der Waals surface area contributed by atoms with Gasteiger partial charge in [-0.1, -0.05) is 13.8 Å². The van der Waals surface area contributed by atoms with Gasteiger partial charge in [0, 0.05) is 11.6 Å². The third kappa shape index (κ3) is 5.18. The molecule has 0 radical (unpaired) electrons. The molecule has 8 nitrogen and oxygen atoms in total. The fourth-order valence-corrected chi connectivity index (χ4v) is 3.95. The van der Waals surface area contributed by atoms with E-state index in [9.17, 15) is 23.1 Å². The van der Waals surface area contributed by atoms with Gasteiger partial charge in [0.15, 0.2) is 0 Å². The molecule has 1 aromatic rings. The first-order valence-electron chi connectivity index (χ1n) is 8.38. The lowest BCUT2D eigenvalue weighted by molar-refractivity contribution is -0.139. The number of sulfonamides is 1. The van der Waals surface area contributed by atoms with Crippen molar-refractivity contribution in [3.8, 4) is 5.75 Å². The Morgan fingerprint density at radius 3 is 2.46 bits per heavy atom. The summed E-state index contributed by atoms with van der Waals surface area (Å²) in [6.07, 6.45) is 1.82. The van der Waals surface area contributed by atoms with E-state index >= 15 is 0 Å². The van der Waals surface area contributed by atoms with Crippen molar-refractivity contribution in [2.75, 3.05) is 7.11 Å². The zero-order valence-electron chi connectivity index (χ0n) is 15.0. The highest BCUT2D eigenvalue weighted by molar-refractivity contribution is 7.89. The van der Waals surface area contributed by atoms with Gasteiger partial charge < -0.3 is 15.2 Å². The number of carboxylic acid groups (broad SMARTS) is 1. The van der Waals surface area contributed by atoms with Crippen LogP contribution in [0.4, 0.5) is 0 Å². The molecule has 9 heteroatoms. The maximum atomic E-state index is 12.5. The number of ether oxygens (including phenoxy) is 1. The number of carboxylic acids is 1. The molecule has 2 rings (SSSR count). The molecular formula is C17H24N2O6S. The highest BCUT2D eigenvalue weighted by Crippen LogP contribution is 2.28. The molecule has 1 aliphatic carbocycles. The van der Waals surface area contributed by atoms with Crippen molar-refractivity contribution in [3.05, 3.63) is 23.8 Å². The molecule has 1 amide bonds. The van der Waals surface area contributed by atoms with Crippen molar-refractivity contribution >= 4 is 21.9 Å². The summed E-state index contributed by atoms with van der Waals surface area (Å²) in [5.74, 6) is -1.59. The first kappa shape index (κ1) is 20.2. The summed E-state index contributed by atoms with van der Waals surface area (Å²) in [4.78, 5) is 23.6. The Kier molecular flexibility index (Phi) is 6.25. The fraction of sp³-hybridized carbons (Fsp3) is 0.529. The maximum Gasteiger partial charge on any atom is 0.326 e. The normalized spacial score (nSPS) is 15.5. The topological polar surface area (TPSA) is 122 Å². The molecule has 0 unspecified atom stereocenters. The maximum absolute atomic E-state index is 12.5. The van der Waals surface area contributed by atoms with Gasteiger partial charge >= 0.3 is 5.97 Å². The van der Waals surface area contributed by atoms with E-state index in [4.69, 9.17) is 4.74 Å². The minimum atomic E-state index is -3.83. The van der Waals surface area contributed by atoms with Gasteiger partial charge in [-0.25, -0.2) is 17.9 Å². The number of nitrogens with one attached hydrogen (secondary N) is 2. The van der Waals surface area contributed by atoms with Gasteiger partial charge in [-0.2, -0.15) is 0 Å². The lowest BCUT2D eigenvalue weighted by Gasteiger charge is -2.17. The predicted octanol–water partition coefficient (Wildman–Crippen LogP) is 1.36. The number of methoxy groups -OCH3 is 1. The van der Waals surface area contributed by atoms with Crippen LogP contribution < -0.4 is 14.8 Å². The Bertz CT molecular complexity index is 786. The molecule has 0 bridgehead atoms. The minimum Gasteiger partial charge on any atom is -0.495 e. The van der Waals surface area contributed by atoms with Gasteiger partial charge in [-0.05, 0) is 43.4 Å². The molecule has 0 aliphatic heterocycles. The standard InChI is InChI=1S/C17H24N2O6S/c1-10(2)8-13(17(21)22)18-16(20)11-4-7-14(25-3)15(9-11)26(23,24)19-12-5-6-12/h4,7,9-10,12-13,19H,5-6,8H2,1-3H3,(H,18,20)(H,21,22)/t13-/m1/s1. The Labute approximate surface area is 153 Å². The number of rotatable bonds is 9. The smallest absolute Gasteiger partial charge is 0.326 e. The van der Waals surface area contributed by atoms with Crippen molar-refractivity contribution in [1.82, 2.24) is 10.0 Å². The zero-order valence-corrected chi connectivity index (χ0v) is 15.8. The van der Waals surface area contributed by atoms with E-state index < -0.39 is 27.9 Å². The molecule has 144 valence electrons. The lowest BCUT2D eigenvalue weighted by Crippen LogP contribution is -2.41. The van der Waals surface area contributed by atoms with Crippen LogP contribution in [0.25, 0.3) is 0 Å². The van der Waals surface area contributed by atoms with Crippen LogP contribution in [0.1, 0.15) is 43.5 Å². The summed E-state index contributed by atoms with van der Waals surface area (Å²) in [5, 5.41) is 11.7. The van der Waals surface area contributed by atoms with Crippen LogP contribution in [0.3, 0.4) is 0 Å². The Morgan fingerprint density at radius 1 is 1.31 bits per heavy atom. The van der Waals surface area contributed by atoms with Gasteiger partial charge in [0.05, 0.1) is 7.11 Å². The summed E-state index contributed by atoms with van der Waals surface area (Å²) in [6, 6.07) is 2.85. The summed E-state index contributed by atoms with van der Waals surface area (Å²) in [5.41, 5.74) is 0.0528. The molecule has 0 heterocycles.